The molecule has 7 heteroatoms. The quantitative estimate of drug-likeness (QED) is 0.782. The number of aryl methyl sites for hydroxylation is 1. The lowest BCUT2D eigenvalue weighted by Gasteiger charge is -2.12. The van der Waals surface area contributed by atoms with Crippen molar-refractivity contribution in [1.29, 1.82) is 0 Å². The van der Waals surface area contributed by atoms with Gasteiger partial charge in [-0.05, 0) is 19.1 Å². The summed E-state index contributed by atoms with van der Waals surface area (Å²) in [6, 6.07) is 7.33. The molecule has 6 nitrogen and oxygen atoms in total. The number of aromatic nitrogens is 4. The van der Waals surface area contributed by atoms with Crippen LogP contribution >= 0.6 is 11.3 Å². The first-order valence-corrected chi connectivity index (χ1v) is 8.17. The number of amides is 1. The number of carbonyl (C=O) groups excluding carboxylic acids is 1. The Morgan fingerprint density at radius 1 is 1.39 bits per heavy atom. The highest BCUT2D eigenvalue weighted by molar-refractivity contribution is 7.09. The molecule has 1 atom stereocenters. The van der Waals surface area contributed by atoms with E-state index in [1.54, 1.807) is 28.4 Å². The third kappa shape index (κ3) is 3.45. The summed E-state index contributed by atoms with van der Waals surface area (Å²) in [6.45, 7) is 4.57. The molecule has 0 unspecified atom stereocenters. The Morgan fingerprint density at radius 3 is 2.91 bits per heavy atom. The van der Waals surface area contributed by atoms with E-state index in [1.807, 2.05) is 30.5 Å². The highest BCUT2D eigenvalue weighted by Crippen LogP contribution is 2.19. The van der Waals surface area contributed by atoms with Crippen molar-refractivity contribution >= 4 is 17.2 Å². The molecule has 118 valence electrons. The van der Waals surface area contributed by atoms with Crippen molar-refractivity contribution in [2.75, 3.05) is 6.54 Å². The highest BCUT2D eigenvalue weighted by atomic mass is 32.1. The largest absolute Gasteiger partial charge is 0.351 e. The van der Waals surface area contributed by atoms with Gasteiger partial charge in [0.1, 0.15) is 12.7 Å². The third-order valence-corrected chi connectivity index (χ3v) is 4.64. The van der Waals surface area contributed by atoms with Crippen LogP contribution in [0.2, 0.25) is 0 Å². The molecular formula is C16H17N5OS. The standard InChI is InChI=1S/C16H17N5OS/c1-11(16-20-12(2)8-23-16)7-18-15(22)13-5-3-4-6-14(13)21-10-17-9-19-21/h3-6,8-11H,7H2,1-2H3,(H,18,22)/t11-/m0/s1. The van der Waals surface area contributed by atoms with E-state index in [0.717, 1.165) is 10.7 Å². The Morgan fingerprint density at radius 2 is 2.22 bits per heavy atom. The van der Waals surface area contributed by atoms with Gasteiger partial charge in [-0.3, -0.25) is 4.79 Å². The lowest BCUT2D eigenvalue weighted by molar-refractivity contribution is 0.0951. The summed E-state index contributed by atoms with van der Waals surface area (Å²) in [4.78, 5) is 20.9. The van der Waals surface area contributed by atoms with Gasteiger partial charge in [0.15, 0.2) is 0 Å². The Kier molecular flexibility index (Phi) is 4.47. The first kappa shape index (κ1) is 15.4. The van der Waals surface area contributed by atoms with E-state index in [2.05, 4.69) is 27.3 Å². The number of nitrogens with zero attached hydrogens (tertiary/aromatic N) is 4. The molecule has 0 saturated carbocycles. The van der Waals surface area contributed by atoms with Crippen LogP contribution in [0.1, 0.15) is 33.9 Å². The smallest absolute Gasteiger partial charge is 0.253 e. The second-order valence-corrected chi connectivity index (χ2v) is 6.19. The maximum atomic E-state index is 12.5. The van der Waals surface area contributed by atoms with Crippen LogP contribution in [0.25, 0.3) is 5.69 Å². The molecule has 3 rings (SSSR count). The van der Waals surface area contributed by atoms with E-state index < -0.39 is 0 Å². The fourth-order valence-electron chi connectivity index (χ4n) is 2.22. The van der Waals surface area contributed by atoms with Crippen molar-refractivity contribution in [2.24, 2.45) is 0 Å². The van der Waals surface area contributed by atoms with Crippen molar-refractivity contribution in [3.8, 4) is 5.69 Å². The fraction of sp³-hybridized carbons (Fsp3) is 0.250. The van der Waals surface area contributed by atoms with Crippen molar-refractivity contribution < 1.29 is 4.79 Å². The Hall–Kier alpha value is -2.54. The highest BCUT2D eigenvalue weighted by Gasteiger charge is 2.15. The Balaban J connectivity index is 1.72. The van der Waals surface area contributed by atoms with Crippen molar-refractivity contribution in [2.45, 2.75) is 19.8 Å². The average molecular weight is 327 g/mol. The van der Waals surface area contributed by atoms with Crippen molar-refractivity contribution in [1.82, 2.24) is 25.1 Å². The van der Waals surface area contributed by atoms with E-state index in [4.69, 9.17) is 0 Å². The van der Waals surface area contributed by atoms with Crippen LogP contribution in [-0.4, -0.2) is 32.2 Å². The van der Waals surface area contributed by atoms with Gasteiger partial charge in [0.05, 0.1) is 16.3 Å². The minimum absolute atomic E-state index is 0.128. The van der Waals surface area contributed by atoms with E-state index in [0.29, 0.717) is 17.8 Å². The molecular weight excluding hydrogens is 310 g/mol. The zero-order valence-corrected chi connectivity index (χ0v) is 13.7. The molecule has 0 fully saturated rings. The summed E-state index contributed by atoms with van der Waals surface area (Å²) in [5, 5.41) is 10.1. The maximum absolute atomic E-state index is 12.5. The maximum Gasteiger partial charge on any atom is 0.253 e. The third-order valence-electron chi connectivity index (χ3n) is 3.44. The molecule has 3 aromatic rings. The van der Waals surface area contributed by atoms with Crippen LogP contribution in [0.5, 0.6) is 0 Å². The van der Waals surface area contributed by atoms with E-state index in [-0.39, 0.29) is 11.8 Å². The number of carbonyl (C=O) groups is 1. The zero-order valence-electron chi connectivity index (χ0n) is 12.9. The topological polar surface area (TPSA) is 72.7 Å². The second kappa shape index (κ2) is 6.70. The molecule has 0 aliphatic heterocycles. The lowest BCUT2D eigenvalue weighted by atomic mass is 10.1. The van der Waals surface area contributed by atoms with Gasteiger partial charge < -0.3 is 5.32 Å². The molecule has 2 heterocycles. The summed E-state index contributed by atoms with van der Waals surface area (Å²) in [7, 11) is 0. The molecule has 1 aromatic carbocycles. The van der Waals surface area contributed by atoms with Gasteiger partial charge in [-0.25, -0.2) is 14.6 Å². The number of nitrogens with one attached hydrogen (secondary N) is 1. The number of hydrogen-bond acceptors (Lipinski definition) is 5. The summed E-state index contributed by atoms with van der Waals surface area (Å²) in [6.07, 6.45) is 3.02. The number of benzene rings is 1. The number of hydrogen-bond donors (Lipinski definition) is 1. The number of para-hydroxylation sites is 1. The van der Waals surface area contributed by atoms with Crippen LogP contribution in [0, 0.1) is 6.92 Å². The molecule has 0 bridgehead atoms. The average Bonchev–Trinajstić information content (AvgIpc) is 3.24. The second-order valence-electron chi connectivity index (χ2n) is 5.30. The first-order valence-electron chi connectivity index (χ1n) is 7.29. The van der Waals surface area contributed by atoms with Crippen molar-refractivity contribution in [3.63, 3.8) is 0 Å². The van der Waals surface area contributed by atoms with Gasteiger partial charge in [-0.2, -0.15) is 5.10 Å². The molecule has 0 aliphatic rings. The molecule has 0 aliphatic carbocycles. The van der Waals surface area contributed by atoms with Crippen LogP contribution < -0.4 is 5.32 Å². The van der Waals surface area contributed by atoms with Gasteiger partial charge in [0.2, 0.25) is 0 Å². The van der Waals surface area contributed by atoms with E-state index in [1.165, 1.54) is 6.33 Å². The fourth-order valence-corrected chi connectivity index (χ4v) is 3.08. The van der Waals surface area contributed by atoms with E-state index >= 15 is 0 Å². The predicted octanol–water partition coefficient (Wildman–Crippen LogP) is 2.57. The van der Waals surface area contributed by atoms with Crippen LogP contribution in [0.15, 0.2) is 42.3 Å². The monoisotopic (exact) mass is 327 g/mol. The Labute approximate surface area is 138 Å². The van der Waals surface area contributed by atoms with Crippen LogP contribution in [-0.2, 0) is 0 Å². The lowest BCUT2D eigenvalue weighted by Crippen LogP contribution is -2.28. The first-order chi connectivity index (χ1) is 11.1. The molecule has 0 saturated heterocycles. The zero-order chi connectivity index (χ0) is 16.2. The predicted molar refractivity (Wildman–Crippen MR) is 89.0 cm³/mol. The van der Waals surface area contributed by atoms with Gasteiger partial charge >= 0.3 is 0 Å². The Bertz CT molecular complexity index is 796. The van der Waals surface area contributed by atoms with E-state index in [9.17, 15) is 4.79 Å². The van der Waals surface area contributed by atoms with Crippen molar-refractivity contribution in [3.05, 3.63) is 58.6 Å². The normalized spacial score (nSPS) is 12.1. The van der Waals surface area contributed by atoms with Gasteiger partial charge in [0, 0.05) is 23.5 Å². The van der Waals surface area contributed by atoms with Gasteiger partial charge in [-0.15, -0.1) is 11.3 Å². The molecule has 23 heavy (non-hydrogen) atoms. The van der Waals surface area contributed by atoms with Gasteiger partial charge in [-0.1, -0.05) is 19.1 Å². The number of rotatable bonds is 5. The summed E-state index contributed by atoms with van der Waals surface area (Å²) in [5.74, 6) is 0.0485. The minimum atomic E-state index is -0.128. The molecule has 0 spiro atoms. The minimum Gasteiger partial charge on any atom is -0.351 e. The van der Waals surface area contributed by atoms with Crippen LogP contribution in [0.3, 0.4) is 0 Å². The molecule has 1 N–H and O–H groups in total. The SMILES string of the molecule is Cc1csc([C@@H](C)CNC(=O)c2ccccc2-n2cncn2)n1. The summed E-state index contributed by atoms with van der Waals surface area (Å²) >= 11 is 1.62. The molecule has 2 aromatic heterocycles. The number of thiazole rings is 1. The van der Waals surface area contributed by atoms with Gasteiger partial charge in [0.25, 0.3) is 5.91 Å². The molecule has 0 radical (unpaired) electrons. The molecule has 1 amide bonds. The summed E-state index contributed by atoms with van der Waals surface area (Å²) in [5.41, 5.74) is 2.29. The van der Waals surface area contributed by atoms with Crippen LogP contribution in [0.4, 0.5) is 0 Å². The summed E-state index contributed by atoms with van der Waals surface area (Å²) < 4.78 is 1.59.